The number of rotatable bonds is 6. The molecule has 1 aliphatic rings. The molecule has 1 fully saturated rings. The molecule has 9 heteroatoms. The summed E-state index contributed by atoms with van der Waals surface area (Å²) in [4.78, 5) is 33.7. The van der Waals surface area contributed by atoms with Gasteiger partial charge in [-0.15, -0.1) is 0 Å². The molecule has 0 radical (unpaired) electrons. The van der Waals surface area contributed by atoms with Crippen molar-refractivity contribution in [3.05, 3.63) is 41.5 Å². The molecule has 0 bridgehead atoms. The zero-order valence-electron chi connectivity index (χ0n) is 16.7. The van der Waals surface area contributed by atoms with Crippen molar-refractivity contribution >= 4 is 17.5 Å². The number of ether oxygens (including phenoxy) is 1. The number of hydrogen-bond donors (Lipinski definition) is 2. The summed E-state index contributed by atoms with van der Waals surface area (Å²) in [6.45, 7) is 1.50. The lowest BCUT2D eigenvalue weighted by Crippen LogP contribution is -2.21. The van der Waals surface area contributed by atoms with Gasteiger partial charge >= 0.3 is 0 Å². The zero-order chi connectivity index (χ0) is 21.7. The van der Waals surface area contributed by atoms with E-state index in [9.17, 15) is 14.0 Å². The van der Waals surface area contributed by atoms with Gasteiger partial charge in [-0.3, -0.25) is 9.59 Å². The Bertz CT molecular complexity index is 1030. The fourth-order valence-electron chi connectivity index (χ4n) is 3.02. The van der Waals surface area contributed by atoms with Gasteiger partial charge in [0.2, 0.25) is 5.91 Å². The molecule has 2 heterocycles. The van der Waals surface area contributed by atoms with Crippen molar-refractivity contribution in [2.45, 2.75) is 6.42 Å². The van der Waals surface area contributed by atoms with Gasteiger partial charge < -0.3 is 20.7 Å². The number of benzene rings is 1. The predicted octanol–water partition coefficient (Wildman–Crippen LogP) is 1.27. The van der Waals surface area contributed by atoms with Gasteiger partial charge in [-0.1, -0.05) is 11.8 Å². The zero-order valence-corrected chi connectivity index (χ0v) is 16.7. The van der Waals surface area contributed by atoms with E-state index in [-0.39, 0.29) is 28.9 Å². The fourth-order valence-corrected chi connectivity index (χ4v) is 3.02. The van der Waals surface area contributed by atoms with Gasteiger partial charge in [-0.2, -0.15) is 0 Å². The molecule has 1 atom stereocenters. The highest BCUT2D eigenvalue weighted by atomic mass is 19.1. The van der Waals surface area contributed by atoms with E-state index in [1.165, 1.54) is 24.4 Å². The molecule has 1 aliphatic heterocycles. The van der Waals surface area contributed by atoms with E-state index < -0.39 is 11.7 Å². The minimum Gasteiger partial charge on any atom is -0.383 e. The number of halogens is 1. The van der Waals surface area contributed by atoms with E-state index in [0.717, 1.165) is 0 Å². The predicted molar refractivity (Wildman–Crippen MR) is 109 cm³/mol. The summed E-state index contributed by atoms with van der Waals surface area (Å²) in [5, 5.41) is 2.96. The van der Waals surface area contributed by atoms with E-state index in [1.807, 2.05) is 0 Å². The molecule has 0 spiro atoms. The van der Waals surface area contributed by atoms with Crippen LogP contribution < -0.4 is 11.1 Å². The molecule has 30 heavy (non-hydrogen) atoms. The van der Waals surface area contributed by atoms with Gasteiger partial charge in [-0.25, -0.2) is 14.4 Å². The van der Waals surface area contributed by atoms with Crippen molar-refractivity contribution in [2.24, 2.45) is 11.7 Å². The lowest BCUT2D eigenvalue weighted by Gasteiger charge is -2.10. The second-order valence-corrected chi connectivity index (χ2v) is 6.80. The average Bonchev–Trinajstić information content (AvgIpc) is 3.05. The van der Waals surface area contributed by atoms with Crippen LogP contribution in [0.1, 0.15) is 22.5 Å². The SMILES string of the molecule is COCCNc1cnc(-c2cc(C#C[C@@H]3CCN(C)C3=O)ccc2F)nc1C(N)=O. The number of methoxy groups -OCH3 is 1. The molecular formula is C21H22FN5O3. The molecule has 1 aromatic carbocycles. The largest absolute Gasteiger partial charge is 0.383 e. The van der Waals surface area contributed by atoms with Gasteiger partial charge in [0, 0.05) is 32.8 Å². The van der Waals surface area contributed by atoms with E-state index in [2.05, 4.69) is 27.1 Å². The molecular weight excluding hydrogens is 389 g/mol. The van der Waals surface area contributed by atoms with Crippen LogP contribution in [0.25, 0.3) is 11.4 Å². The molecule has 0 saturated carbocycles. The maximum Gasteiger partial charge on any atom is 0.269 e. The van der Waals surface area contributed by atoms with Crippen molar-refractivity contribution in [2.75, 3.05) is 39.2 Å². The highest BCUT2D eigenvalue weighted by Crippen LogP contribution is 2.23. The highest BCUT2D eigenvalue weighted by molar-refractivity contribution is 5.96. The van der Waals surface area contributed by atoms with Crippen molar-refractivity contribution in [3.8, 4) is 23.2 Å². The van der Waals surface area contributed by atoms with Crippen LogP contribution in [-0.2, 0) is 9.53 Å². The average molecular weight is 411 g/mol. The lowest BCUT2D eigenvalue weighted by molar-refractivity contribution is -0.128. The van der Waals surface area contributed by atoms with E-state index in [0.29, 0.717) is 37.4 Å². The number of anilines is 1. The maximum atomic E-state index is 14.5. The van der Waals surface area contributed by atoms with Gasteiger partial charge in [0.05, 0.1) is 24.1 Å². The second-order valence-electron chi connectivity index (χ2n) is 6.80. The van der Waals surface area contributed by atoms with Crippen LogP contribution in [-0.4, -0.2) is 60.5 Å². The minimum atomic E-state index is -0.765. The quantitative estimate of drug-likeness (QED) is 0.547. The Morgan fingerprint density at radius 3 is 2.93 bits per heavy atom. The van der Waals surface area contributed by atoms with Crippen molar-refractivity contribution in [1.29, 1.82) is 0 Å². The first-order chi connectivity index (χ1) is 14.4. The van der Waals surface area contributed by atoms with Crippen LogP contribution in [0.4, 0.5) is 10.1 Å². The monoisotopic (exact) mass is 411 g/mol. The van der Waals surface area contributed by atoms with Crippen molar-refractivity contribution in [3.63, 3.8) is 0 Å². The fraction of sp³-hybridized carbons (Fsp3) is 0.333. The number of nitrogens with one attached hydrogen (secondary N) is 1. The Hall–Kier alpha value is -3.51. The molecule has 2 amide bonds. The third-order valence-corrected chi connectivity index (χ3v) is 4.67. The normalized spacial score (nSPS) is 15.6. The van der Waals surface area contributed by atoms with Crippen LogP contribution in [0, 0.1) is 23.6 Å². The van der Waals surface area contributed by atoms with Crippen LogP contribution >= 0.6 is 0 Å². The number of carbonyl (C=O) groups is 2. The first kappa shape index (κ1) is 21.2. The van der Waals surface area contributed by atoms with Crippen LogP contribution in [0.3, 0.4) is 0 Å². The Kier molecular flexibility index (Phi) is 6.59. The number of nitrogens with two attached hydrogens (primary N) is 1. The number of nitrogens with zero attached hydrogens (tertiary/aromatic N) is 3. The summed E-state index contributed by atoms with van der Waals surface area (Å²) in [6, 6.07) is 4.26. The highest BCUT2D eigenvalue weighted by Gasteiger charge is 2.27. The first-order valence-electron chi connectivity index (χ1n) is 9.36. The minimum absolute atomic E-state index is 0.0129. The molecule has 0 aliphatic carbocycles. The molecule has 8 nitrogen and oxygen atoms in total. The standard InChI is InChI=1S/C21H22FN5O3/c1-27-9-7-14(21(27)29)5-3-13-4-6-16(22)15(11-13)20-25-12-17(24-8-10-30-2)18(26-20)19(23)28/h4,6,11-12,14,24H,7-10H2,1-2H3,(H2,23,28)/t14-/m1/s1. The molecule has 0 unspecified atom stereocenters. The molecule has 156 valence electrons. The number of amides is 2. The Balaban J connectivity index is 1.90. The Morgan fingerprint density at radius 1 is 1.47 bits per heavy atom. The summed E-state index contributed by atoms with van der Waals surface area (Å²) >= 11 is 0. The summed E-state index contributed by atoms with van der Waals surface area (Å²) in [7, 11) is 3.29. The molecule has 3 N–H and O–H groups in total. The van der Waals surface area contributed by atoms with E-state index in [4.69, 9.17) is 10.5 Å². The summed E-state index contributed by atoms with van der Waals surface area (Å²) < 4.78 is 19.4. The molecule has 2 aromatic rings. The van der Waals surface area contributed by atoms with Gasteiger partial charge in [-0.05, 0) is 24.6 Å². The van der Waals surface area contributed by atoms with Crippen LogP contribution in [0.2, 0.25) is 0 Å². The maximum absolute atomic E-state index is 14.5. The number of likely N-dealkylation sites (tertiary alicyclic amines) is 1. The van der Waals surface area contributed by atoms with E-state index in [1.54, 1.807) is 19.1 Å². The number of aromatic nitrogens is 2. The summed E-state index contributed by atoms with van der Waals surface area (Å²) in [6.07, 6.45) is 2.04. The van der Waals surface area contributed by atoms with Gasteiger partial charge in [0.25, 0.3) is 5.91 Å². The summed E-state index contributed by atoms with van der Waals surface area (Å²) in [5.74, 6) is 4.17. The van der Waals surface area contributed by atoms with E-state index >= 15 is 0 Å². The van der Waals surface area contributed by atoms with Crippen LogP contribution in [0.5, 0.6) is 0 Å². The second kappa shape index (κ2) is 9.33. The molecule has 3 rings (SSSR count). The first-order valence-corrected chi connectivity index (χ1v) is 9.36. The Labute approximate surface area is 173 Å². The van der Waals surface area contributed by atoms with Gasteiger partial charge in [0.1, 0.15) is 11.7 Å². The third-order valence-electron chi connectivity index (χ3n) is 4.67. The number of primary amides is 1. The van der Waals surface area contributed by atoms with Crippen LogP contribution in [0.15, 0.2) is 24.4 Å². The number of carbonyl (C=O) groups excluding carboxylic acids is 2. The molecule has 1 saturated heterocycles. The smallest absolute Gasteiger partial charge is 0.269 e. The third kappa shape index (κ3) is 4.72. The van der Waals surface area contributed by atoms with Crippen molar-refractivity contribution < 1.29 is 18.7 Å². The summed E-state index contributed by atoms with van der Waals surface area (Å²) in [5.41, 5.74) is 6.31. The Morgan fingerprint density at radius 2 is 2.27 bits per heavy atom. The topological polar surface area (TPSA) is 110 Å². The van der Waals surface area contributed by atoms with Crippen molar-refractivity contribution in [1.82, 2.24) is 14.9 Å². The number of hydrogen-bond acceptors (Lipinski definition) is 6. The lowest BCUT2D eigenvalue weighted by atomic mass is 10.1. The molecule has 1 aromatic heterocycles. The van der Waals surface area contributed by atoms with Gasteiger partial charge in [0.15, 0.2) is 11.5 Å².